The SMILES string of the molecule is CC(C)(C)c1ccc(C(O)C(CN)c2ccncc2)cc1. The highest BCUT2D eigenvalue weighted by molar-refractivity contribution is 5.31. The molecule has 2 atom stereocenters. The fourth-order valence-electron chi connectivity index (χ4n) is 2.47. The molecule has 0 spiro atoms. The van der Waals surface area contributed by atoms with Gasteiger partial charge in [0.1, 0.15) is 0 Å². The van der Waals surface area contributed by atoms with Crippen molar-refractivity contribution >= 4 is 0 Å². The first-order valence-corrected chi connectivity index (χ1v) is 7.32. The second-order valence-electron chi connectivity index (χ2n) is 6.44. The first kappa shape index (κ1) is 15.7. The van der Waals surface area contributed by atoms with Crippen LogP contribution in [-0.2, 0) is 5.41 Å². The second kappa shape index (κ2) is 6.37. The normalized spacial score (nSPS) is 14.7. The van der Waals surface area contributed by atoms with Crippen LogP contribution in [0.15, 0.2) is 48.8 Å². The molecule has 1 heterocycles. The highest BCUT2D eigenvalue weighted by atomic mass is 16.3. The minimum atomic E-state index is -0.605. The quantitative estimate of drug-likeness (QED) is 0.906. The van der Waals surface area contributed by atoms with Crippen molar-refractivity contribution in [2.75, 3.05) is 6.54 Å². The summed E-state index contributed by atoms with van der Waals surface area (Å²) in [6.45, 7) is 6.93. The van der Waals surface area contributed by atoms with E-state index >= 15 is 0 Å². The van der Waals surface area contributed by atoms with Gasteiger partial charge in [-0.05, 0) is 34.2 Å². The lowest BCUT2D eigenvalue weighted by atomic mass is 9.84. The number of benzene rings is 1. The van der Waals surface area contributed by atoms with Crippen LogP contribution in [0, 0.1) is 0 Å². The largest absolute Gasteiger partial charge is 0.388 e. The molecule has 0 aliphatic heterocycles. The van der Waals surface area contributed by atoms with E-state index in [1.165, 1.54) is 5.56 Å². The molecule has 0 radical (unpaired) electrons. The highest BCUT2D eigenvalue weighted by Gasteiger charge is 2.22. The van der Waals surface area contributed by atoms with E-state index in [1.807, 2.05) is 24.3 Å². The Bertz CT molecular complexity index is 558. The van der Waals surface area contributed by atoms with E-state index in [1.54, 1.807) is 12.4 Å². The van der Waals surface area contributed by atoms with Crippen LogP contribution in [0.3, 0.4) is 0 Å². The highest BCUT2D eigenvalue weighted by Crippen LogP contribution is 2.31. The number of aliphatic hydroxyl groups is 1. The molecule has 3 heteroatoms. The molecule has 0 saturated carbocycles. The first-order valence-electron chi connectivity index (χ1n) is 7.32. The smallest absolute Gasteiger partial charge is 0.0870 e. The molecule has 0 aliphatic rings. The monoisotopic (exact) mass is 284 g/mol. The molecule has 112 valence electrons. The fraction of sp³-hybridized carbons (Fsp3) is 0.389. The van der Waals surface area contributed by atoms with Crippen LogP contribution in [0.1, 0.15) is 49.5 Å². The molecule has 0 amide bonds. The minimum Gasteiger partial charge on any atom is -0.388 e. The lowest BCUT2D eigenvalue weighted by molar-refractivity contribution is 0.147. The van der Waals surface area contributed by atoms with Crippen LogP contribution in [0.25, 0.3) is 0 Å². The summed E-state index contributed by atoms with van der Waals surface area (Å²) in [5, 5.41) is 10.6. The maximum absolute atomic E-state index is 10.6. The van der Waals surface area contributed by atoms with Crippen molar-refractivity contribution in [2.45, 2.75) is 38.2 Å². The molecule has 2 unspecified atom stereocenters. The zero-order valence-electron chi connectivity index (χ0n) is 13.0. The van der Waals surface area contributed by atoms with Gasteiger partial charge in [0.15, 0.2) is 0 Å². The van der Waals surface area contributed by atoms with E-state index < -0.39 is 6.10 Å². The number of rotatable bonds is 4. The summed E-state index contributed by atoms with van der Waals surface area (Å²) in [6.07, 6.45) is 2.85. The van der Waals surface area contributed by atoms with Gasteiger partial charge in [-0.3, -0.25) is 4.98 Å². The number of hydrogen-bond donors (Lipinski definition) is 2. The van der Waals surface area contributed by atoms with Crippen LogP contribution in [-0.4, -0.2) is 16.6 Å². The van der Waals surface area contributed by atoms with Crippen LogP contribution in [0.4, 0.5) is 0 Å². The van der Waals surface area contributed by atoms with Crippen molar-refractivity contribution in [3.05, 3.63) is 65.5 Å². The van der Waals surface area contributed by atoms with Crippen LogP contribution in [0.5, 0.6) is 0 Å². The van der Waals surface area contributed by atoms with E-state index in [4.69, 9.17) is 5.73 Å². The maximum atomic E-state index is 10.6. The van der Waals surface area contributed by atoms with Gasteiger partial charge in [0.2, 0.25) is 0 Å². The van der Waals surface area contributed by atoms with Gasteiger partial charge in [0.05, 0.1) is 6.10 Å². The predicted molar refractivity (Wildman–Crippen MR) is 86.1 cm³/mol. The number of nitrogens with two attached hydrogens (primary N) is 1. The van der Waals surface area contributed by atoms with E-state index in [0.717, 1.165) is 11.1 Å². The Morgan fingerprint density at radius 2 is 1.57 bits per heavy atom. The third kappa shape index (κ3) is 3.69. The molecule has 21 heavy (non-hydrogen) atoms. The van der Waals surface area contributed by atoms with Crippen LogP contribution in [0.2, 0.25) is 0 Å². The molecular weight excluding hydrogens is 260 g/mol. The Kier molecular flexibility index (Phi) is 4.76. The molecule has 1 aromatic carbocycles. The molecule has 1 aromatic heterocycles. The number of aromatic nitrogens is 1. The van der Waals surface area contributed by atoms with Gasteiger partial charge in [0, 0.05) is 24.9 Å². The average Bonchev–Trinajstić information content (AvgIpc) is 2.48. The van der Waals surface area contributed by atoms with Gasteiger partial charge < -0.3 is 10.8 Å². The third-order valence-corrected chi connectivity index (χ3v) is 3.89. The Morgan fingerprint density at radius 1 is 1.00 bits per heavy atom. The van der Waals surface area contributed by atoms with Gasteiger partial charge in [-0.1, -0.05) is 45.0 Å². The molecule has 2 rings (SSSR count). The number of hydrogen-bond acceptors (Lipinski definition) is 3. The Morgan fingerprint density at radius 3 is 2.05 bits per heavy atom. The molecular formula is C18H24N2O. The van der Waals surface area contributed by atoms with E-state index in [0.29, 0.717) is 6.54 Å². The zero-order chi connectivity index (χ0) is 15.5. The predicted octanol–water partition coefficient (Wildman–Crippen LogP) is 3.16. The number of nitrogens with zero attached hydrogens (tertiary/aromatic N) is 1. The fourth-order valence-corrected chi connectivity index (χ4v) is 2.47. The van der Waals surface area contributed by atoms with Crippen molar-refractivity contribution < 1.29 is 5.11 Å². The average molecular weight is 284 g/mol. The van der Waals surface area contributed by atoms with E-state index in [9.17, 15) is 5.11 Å². The van der Waals surface area contributed by atoms with Gasteiger partial charge in [-0.2, -0.15) is 0 Å². The Hall–Kier alpha value is -1.71. The van der Waals surface area contributed by atoms with E-state index in [2.05, 4.69) is 37.9 Å². The molecule has 3 N–H and O–H groups in total. The number of aliphatic hydroxyl groups excluding tert-OH is 1. The molecule has 0 bridgehead atoms. The van der Waals surface area contributed by atoms with Gasteiger partial charge in [0.25, 0.3) is 0 Å². The molecule has 3 nitrogen and oxygen atoms in total. The summed E-state index contributed by atoms with van der Waals surface area (Å²) in [4.78, 5) is 4.01. The van der Waals surface area contributed by atoms with Gasteiger partial charge in [-0.25, -0.2) is 0 Å². The topological polar surface area (TPSA) is 59.1 Å². The first-order chi connectivity index (χ1) is 9.93. The van der Waals surface area contributed by atoms with E-state index in [-0.39, 0.29) is 11.3 Å². The molecule has 0 fully saturated rings. The standard InChI is InChI=1S/C18H24N2O/c1-18(2,3)15-6-4-14(5-7-15)17(21)16(12-19)13-8-10-20-11-9-13/h4-11,16-17,21H,12,19H2,1-3H3. The summed E-state index contributed by atoms with van der Waals surface area (Å²) in [6, 6.07) is 12.0. The van der Waals surface area contributed by atoms with Gasteiger partial charge >= 0.3 is 0 Å². The van der Waals surface area contributed by atoms with Crippen molar-refractivity contribution in [1.82, 2.24) is 4.98 Å². The lowest BCUT2D eigenvalue weighted by Gasteiger charge is -2.24. The summed E-state index contributed by atoms with van der Waals surface area (Å²) < 4.78 is 0. The lowest BCUT2D eigenvalue weighted by Crippen LogP contribution is -2.20. The molecule has 2 aromatic rings. The van der Waals surface area contributed by atoms with Crippen molar-refractivity contribution in [1.29, 1.82) is 0 Å². The third-order valence-electron chi connectivity index (χ3n) is 3.89. The van der Waals surface area contributed by atoms with Crippen molar-refractivity contribution in [3.8, 4) is 0 Å². The summed E-state index contributed by atoms with van der Waals surface area (Å²) in [7, 11) is 0. The zero-order valence-corrected chi connectivity index (χ0v) is 13.0. The molecule has 0 saturated heterocycles. The van der Waals surface area contributed by atoms with Gasteiger partial charge in [-0.15, -0.1) is 0 Å². The van der Waals surface area contributed by atoms with Crippen molar-refractivity contribution in [2.24, 2.45) is 5.73 Å². The van der Waals surface area contributed by atoms with Crippen LogP contribution < -0.4 is 5.73 Å². The Labute approximate surface area is 126 Å². The van der Waals surface area contributed by atoms with Crippen molar-refractivity contribution in [3.63, 3.8) is 0 Å². The van der Waals surface area contributed by atoms with Crippen LogP contribution >= 0.6 is 0 Å². The minimum absolute atomic E-state index is 0.113. The maximum Gasteiger partial charge on any atom is 0.0870 e. The summed E-state index contributed by atoms with van der Waals surface area (Å²) >= 11 is 0. The Balaban J connectivity index is 2.24. The second-order valence-corrected chi connectivity index (χ2v) is 6.44. The molecule has 0 aliphatic carbocycles. The summed E-state index contributed by atoms with van der Waals surface area (Å²) in [5.74, 6) is -0.117. The summed E-state index contributed by atoms with van der Waals surface area (Å²) in [5.41, 5.74) is 9.14. The number of pyridine rings is 1.